The maximum atomic E-state index is 11.9. The van der Waals surface area contributed by atoms with Crippen molar-refractivity contribution in [2.75, 3.05) is 5.32 Å². The maximum Gasteiger partial charge on any atom is 0.322 e. The minimum atomic E-state index is -0.271. The van der Waals surface area contributed by atoms with Gasteiger partial charge in [0.05, 0.1) is 0 Å². The van der Waals surface area contributed by atoms with Gasteiger partial charge in [-0.25, -0.2) is 0 Å². The minimum Gasteiger partial charge on any atom is -0.408 e. The van der Waals surface area contributed by atoms with Crippen LogP contribution < -0.4 is 5.32 Å². The van der Waals surface area contributed by atoms with Crippen LogP contribution in [0.15, 0.2) is 27.1 Å². The number of rotatable bonds is 2. The van der Waals surface area contributed by atoms with Crippen LogP contribution in [-0.2, 0) is 0 Å². The molecule has 0 aliphatic rings. The first kappa shape index (κ1) is 11.8. The van der Waals surface area contributed by atoms with Gasteiger partial charge in [-0.05, 0) is 24.6 Å². The van der Waals surface area contributed by atoms with Gasteiger partial charge in [-0.1, -0.05) is 27.1 Å². The summed E-state index contributed by atoms with van der Waals surface area (Å²) in [6.07, 6.45) is 0. The standard InChI is InChI=1S/C11H10BrN3O2/c1-6-8(4-3-5-9(6)12)10(16)13-11-15-14-7(2)17-11/h3-5H,1-2H3,(H,13,15,16). The van der Waals surface area contributed by atoms with E-state index in [-0.39, 0.29) is 11.9 Å². The largest absolute Gasteiger partial charge is 0.408 e. The number of hydrogen-bond donors (Lipinski definition) is 1. The first-order valence-electron chi connectivity index (χ1n) is 4.94. The fourth-order valence-corrected chi connectivity index (χ4v) is 1.73. The second kappa shape index (κ2) is 4.67. The number of hydrogen-bond acceptors (Lipinski definition) is 4. The predicted octanol–water partition coefficient (Wildman–Crippen LogP) is 2.70. The van der Waals surface area contributed by atoms with E-state index in [0.717, 1.165) is 10.0 Å². The number of carbonyl (C=O) groups is 1. The van der Waals surface area contributed by atoms with Crippen molar-refractivity contribution in [2.24, 2.45) is 0 Å². The molecule has 2 rings (SSSR count). The zero-order valence-electron chi connectivity index (χ0n) is 9.32. The van der Waals surface area contributed by atoms with E-state index in [9.17, 15) is 4.79 Å². The molecule has 0 aliphatic heterocycles. The van der Waals surface area contributed by atoms with Crippen molar-refractivity contribution in [2.45, 2.75) is 13.8 Å². The fraction of sp³-hybridized carbons (Fsp3) is 0.182. The van der Waals surface area contributed by atoms with Gasteiger partial charge >= 0.3 is 6.01 Å². The number of amides is 1. The van der Waals surface area contributed by atoms with E-state index in [1.807, 2.05) is 13.0 Å². The molecule has 0 saturated heterocycles. The summed E-state index contributed by atoms with van der Waals surface area (Å²) in [6, 6.07) is 5.51. The Morgan fingerprint density at radius 1 is 1.35 bits per heavy atom. The van der Waals surface area contributed by atoms with E-state index in [2.05, 4.69) is 31.4 Å². The minimum absolute atomic E-state index is 0.104. The van der Waals surface area contributed by atoms with Gasteiger partial charge in [0.15, 0.2) is 0 Å². The van der Waals surface area contributed by atoms with Crippen LogP contribution in [0, 0.1) is 13.8 Å². The Kier molecular flexibility index (Phi) is 3.23. The Labute approximate surface area is 106 Å². The number of aryl methyl sites for hydroxylation is 1. The molecule has 0 radical (unpaired) electrons. The number of halogens is 1. The fourth-order valence-electron chi connectivity index (χ4n) is 1.36. The Morgan fingerprint density at radius 3 is 2.76 bits per heavy atom. The van der Waals surface area contributed by atoms with Crippen LogP contribution >= 0.6 is 15.9 Å². The zero-order valence-corrected chi connectivity index (χ0v) is 10.9. The molecule has 17 heavy (non-hydrogen) atoms. The Hall–Kier alpha value is -1.69. The van der Waals surface area contributed by atoms with Crippen LogP contribution in [0.25, 0.3) is 0 Å². The van der Waals surface area contributed by atoms with Crippen LogP contribution in [0.4, 0.5) is 6.01 Å². The van der Waals surface area contributed by atoms with E-state index in [1.54, 1.807) is 19.1 Å². The third kappa shape index (κ3) is 2.52. The zero-order chi connectivity index (χ0) is 12.4. The van der Waals surface area contributed by atoms with E-state index < -0.39 is 0 Å². The number of nitrogens with zero attached hydrogens (tertiary/aromatic N) is 2. The molecule has 1 aromatic heterocycles. The summed E-state index contributed by atoms with van der Waals surface area (Å²) in [5, 5.41) is 9.88. The lowest BCUT2D eigenvalue weighted by Gasteiger charge is -2.05. The molecule has 0 spiro atoms. The number of anilines is 1. The molecule has 1 aromatic carbocycles. The van der Waals surface area contributed by atoms with Gasteiger partial charge in [-0.3, -0.25) is 10.1 Å². The second-order valence-corrected chi connectivity index (χ2v) is 4.35. The highest BCUT2D eigenvalue weighted by molar-refractivity contribution is 9.10. The molecule has 0 bridgehead atoms. The van der Waals surface area contributed by atoms with E-state index >= 15 is 0 Å². The number of nitrogens with one attached hydrogen (secondary N) is 1. The molecule has 0 fully saturated rings. The third-order valence-electron chi connectivity index (χ3n) is 2.26. The number of carbonyl (C=O) groups excluding carboxylic acids is 1. The molecule has 1 amide bonds. The Balaban J connectivity index is 2.23. The smallest absolute Gasteiger partial charge is 0.322 e. The van der Waals surface area contributed by atoms with Crippen molar-refractivity contribution in [3.63, 3.8) is 0 Å². The van der Waals surface area contributed by atoms with Crippen molar-refractivity contribution in [3.05, 3.63) is 39.7 Å². The summed E-state index contributed by atoms with van der Waals surface area (Å²) in [6.45, 7) is 3.52. The van der Waals surface area contributed by atoms with Crippen molar-refractivity contribution >= 4 is 27.9 Å². The molecule has 6 heteroatoms. The SMILES string of the molecule is Cc1nnc(NC(=O)c2cccc(Br)c2C)o1. The van der Waals surface area contributed by atoms with Gasteiger partial charge in [0.2, 0.25) is 5.89 Å². The van der Waals surface area contributed by atoms with Crippen LogP contribution in [0.3, 0.4) is 0 Å². The molecule has 1 heterocycles. The summed E-state index contributed by atoms with van der Waals surface area (Å²) in [5.41, 5.74) is 1.43. The number of benzene rings is 1. The van der Waals surface area contributed by atoms with Crippen molar-refractivity contribution in [1.82, 2.24) is 10.2 Å². The molecular weight excluding hydrogens is 286 g/mol. The van der Waals surface area contributed by atoms with E-state index in [0.29, 0.717) is 11.5 Å². The van der Waals surface area contributed by atoms with Gasteiger partial charge in [0, 0.05) is 17.0 Å². The topological polar surface area (TPSA) is 68.0 Å². The van der Waals surface area contributed by atoms with Gasteiger partial charge < -0.3 is 4.42 Å². The molecule has 0 saturated carbocycles. The monoisotopic (exact) mass is 295 g/mol. The first-order chi connectivity index (χ1) is 8.08. The lowest BCUT2D eigenvalue weighted by Crippen LogP contribution is -2.13. The van der Waals surface area contributed by atoms with Gasteiger partial charge in [0.1, 0.15) is 0 Å². The van der Waals surface area contributed by atoms with Gasteiger partial charge in [0.25, 0.3) is 5.91 Å². The second-order valence-electron chi connectivity index (χ2n) is 3.49. The normalized spacial score (nSPS) is 10.3. The summed E-state index contributed by atoms with van der Waals surface area (Å²) in [4.78, 5) is 11.9. The number of aromatic nitrogens is 2. The van der Waals surface area contributed by atoms with E-state index in [4.69, 9.17) is 4.42 Å². The van der Waals surface area contributed by atoms with Crippen LogP contribution in [0.5, 0.6) is 0 Å². The molecule has 0 atom stereocenters. The van der Waals surface area contributed by atoms with Crippen molar-refractivity contribution < 1.29 is 9.21 Å². The molecule has 1 N–H and O–H groups in total. The highest BCUT2D eigenvalue weighted by Gasteiger charge is 2.13. The van der Waals surface area contributed by atoms with Crippen molar-refractivity contribution in [3.8, 4) is 0 Å². The molecule has 0 unspecified atom stereocenters. The lowest BCUT2D eigenvalue weighted by molar-refractivity contribution is 0.102. The van der Waals surface area contributed by atoms with Crippen LogP contribution in [-0.4, -0.2) is 16.1 Å². The Morgan fingerprint density at radius 2 is 2.12 bits per heavy atom. The van der Waals surface area contributed by atoms with Gasteiger partial charge in [-0.15, -0.1) is 5.10 Å². The highest BCUT2D eigenvalue weighted by atomic mass is 79.9. The van der Waals surface area contributed by atoms with E-state index in [1.165, 1.54) is 0 Å². The Bertz CT molecular complexity index is 566. The molecule has 2 aromatic rings. The molecule has 88 valence electrons. The summed E-state index contributed by atoms with van der Waals surface area (Å²) in [5.74, 6) is 0.138. The molecule has 5 nitrogen and oxygen atoms in total. The lowest BCUT2D eigenvalue weighted by atomic mass is 10.1. The maximum absolute atomic E-state index is 11.9. The molecule has 0 aliphatic carbocycles. The third-order valence-corrected chi connectivity index (χ3v) is 3.12. The highest BCUT2D eigenvalue weighted by Crippen LogP contribution is 2.20. The quantitative estimate of drug-likeness (QED) is 0.925. The molecular formula is C11H10BrN3O2. The van der Waals surface area contributed by atoms with Crippen LogP contribution in [0.2, 0.25) is 0 Å². The van der Waals surface area contributed by atoms with Crippen LogP contribution in [0.1, 0.15) is 21.8 Å². The average Bonchev–Trinajstić information content (AvgIpc) is 2.68. The van der Waals surface area contributed by atoms with Gasteiger partial charge in [-0.2, -0.15) is 0 Å². The first-order valence-corrected chi connectivity index (χ1v) is 5.74. The predicted molar refractivity (Wildman–Crippen MR) is 65.9 cm³/mol. The average molecular weight is 296 g/mol. The summed E-state index contributed by atoms with van der Waals surface area (Å²) >= 11 is 3.37. The summed E-state index contributed by atoms with van der Waals surface area (Å²) < 4.78 is 5.96. The van der Waals surface area contributed by atoms with Crippen molar-refractivity contribution in [1.29, 1.82) is 0 Å². The summed E-state index contributed by atoms with van der Waals surface area (Å²) in [7, 11) is 0.